The molecule has 1 aliphatic rings. The number of oxime groups is 1. The van der Waals surface area contributed by atoms with Gasteiger partial charge in [0.15, 0.2) is 17.5 Å². The highest BCUT2D eigenvalue weighted by molar-refractivity contribution is 7.13. The van der Waals surface area contributed by atoms with Gasteiger partial charge in [-0.05, 0) is 42.3 Å². The summed E-state index contributed by atoms with van der Waals surface area (Å²) in [5, 5.41) is 30.1. The Morgan fingerprint density at radius 1 is 0.957 bits per heavy atom. The first kappa shape index (κ1) is 33.9. The number of nitrogen functional groups attached to an aromatic ring is 1. The first-order chi connectivity index (χ1) is 22.4. The van der Waals surface area contributed by atoms with Gasteiger partial charge in [0.2, 0.25) is 6.61 Å². The third-order valence-corrected chi connectivity index (χ3v) is 7.03. The van der Waals surface area contributed by atoms with Crippen molar-refractivity contribution in [2.24, 2.45) is 5.16 Å². The van der Waals surface area contributed by atoms with Crippen LogP contribution in [-0.2, 0) is 51.5 Å². The molecule has 0 bridgehead atoms. The second-order valence-electron chi connectivity index (χ2n) is 9.58. The van der Waals surface area contributed by atoms with Crippen molar-refractivity contribution in [2.75, 3.05) is 18.9 Å². The molecule has 1 aliphatic heterocycles. The molecular formula is C27H25N7O12S. The molecule has 246 valence electrons. The highest BCUT2D eigenvalue weighted by atomic mass is 32.1. The predicted molar refractivity (Wildman–Crippen MR) is 159 cm³/mol. The normalized spacial score (nSPS) is 15.7. The van der Waals surface area contributed by atoms with Gasteiger partial charge < -0.3 is 25.4 Å². The number of thiazole rings is 1. The number of nitro groups is 2. The summed E-state index contributed by atoms with van der Waals surface area (Å²) >= 11 is 1.00. The first-order valence-corrected chi connectivity index (χ1v) is 14.3. The number of aromatic nitrogens is 1. The van der Waals surface area contributed by atoms with E-state index < -0.39 is 64.6 Å². The van der Waals surface area contributed by atoms with E-state index in [9.17, 15) is 39.4 Å². The maximum atomic E-state index is 13.1. The van der Waals surface area contributed by atoms with E-state index >= 15 is 0 Å². The lowest BCUT2D eigenvalue weighted by molar-refractivity contribution is -0.385. The summed E-state index contributed by atoms with van der Waals surface area (Å²) in [4.78, 5) is 84.6. The number of esters is 2. The maximum Gasteiger partial charge on any atom is 0.347 e. The number of ether oxygens (including phenoxy) is 2. The van der Waals surface area contributed by atoms with Gasteiger partial charge in [-0.3, -0.25) is 34.7 Å². The number of rotatable bonds is 15. The van der Waals surface area contributed by atoms with Gasteiger partial charge in [-0.2, -0.15) is 0 Å². The molecular weight excluding hydrogens is 646 g/mol. The minimum atomic E-state index is -1.08. The first-order valence-electron chi connectivity index (χ1n) is 13.4. The van der Waals surface area contributed by atoms with Gasteiger partial charge in [-0.15, -0.1) is 11.3 Å². The van der Waals surface area contributed by atoms with E-state index in [4.69, 9.17) is 24.9 Å². The molecule has 20 heteroatoms. The van der Waals surface area contributed by atoms with Crippen molar-refractivity contribution >= 4 is 57.3 Å². The molecule has 0 unspecified atom stereocenters. The molecule has 2 atom stereocenters. The number of non-ortho nitro benzene ring substituents is 2. The monoisotopic (exact) mass is 671 g/mol. The van der Waals surface area contributed by atoms with Crippen molar-refractivity contribution in [3.8, 4) is 0 Å². The molecule has 3 aromatic rings. The number of benzene rings is 2. The van der Waals surface area contributed by atoms with E-state index in [1.807, 2.05) is 0 Å². The molecule has 19 nitrogen and oxygen atoms in total. The molecule has 3 N–H and O–H groups in total. The van der Waals surface area contributed by atoms with Gasteiger partial charge in [-0.1, -0.05) is 5.16 Å². The Morgan fingerprint density at radius 3 is 1.96 bits per heavy atom. The summed E-state index contributed by atoms with van der Waals surface area (Å²) in [5.74, 6) is -3.23. The fraction of sp³-hybridized carbons (Fsp3) is 0.259. The molecule has 0 spiro atoms. The van der Waals surface area contributed by atoms with Crippen LogP contribution >= 0.6 is 11.3 Å². The fourth-order valence-electron chi connectivity index (χ4n) is 3.88. The van der Waals surface area contributed by atoms with Gasteiger partial charge >= 0.3 is 11.9 Å². The second kappa shape index (κ2) is 15.3. The largest absolute Gasteiger partial charge is 0.459 e. The van der Waals surface area contributed by atoms with Crippen LogP contribution in [0.4, 0.5) is 16.5 Å². The van der Waals surface area contributed by atoms with Gasteiger partial charge in [-0.25, -0.2) is 19.6 Å². The topological polar surface area (TPSA) is 258 Å². The lowest BCUT2D eigenvalue weighted by atomic mass is 10.00. The van der Waals surface area contributed by atoms with Crippen LogP contribution < -0.4 is 11.1 Å². The average Bonchev–Trinajstić information content (AvgIpc) is 3.49. The molecule has 1 aromatic heterocycles. The third kappa shape index (κ3) is 9.02. The zero-order valence-electron chi connectivity index (χ0n) is 24.3. The van der Waals surface area contributed by atoms with Crippen molar-refractivity contribution in [2.45, 2.75) is 32.2 Å². The SMILES string of the molecule is C[C@H]1[C@H](NC(=O)C(=NOCC(=O)OCc2ccc([N+](=O)[O-])cc2)c2csc(N)n2)C(=O)N1OCC(=O)OCc1ccc([N+](=O)[O-])cc1. The summed E-state index contributed by atoms with van der Waals surface area (Å²) in [5.41, 5.74) is 6.04. The van der Waals surface area contributed by atoms with Crippen LogP contribution in [-0.4, -0.2) is 74.7 Å². The molecule has 1 saturated heterocycles. The van der Waals surface area contributed by atoms with Crippen LogP contribution in [0.3, 0.4) is 0 Å². The fourth-order valence-corrected chi connectivity index (χ4v) is 4.43. The number of anilines is 1. The molecule has 47 heavy (non-hydrogen) atoms. The smallest absolute Gasteiger partial charge is 0.347 e. The van der Waals surface area contributed by atoms with Crippen molar-refractivity contribution < 1.29 is 48.2 Å². The molecule has 2 amide bonds. The molecule has 4 rings (SSSR count). The Balaban J connectivity index is 1.25. The Hall–Kier alpha value is -6.02. The molecule has 1 fully saturated rings. The third-order valence-electron chi connectivity index (χ3n) is 6.36. The van der Waals surface area contributed by atoms with Crippen molar-refractivity contribution in [3.05, 3.63) is 91.0 Å². The summed E-state index contributed by atoms with van der Waals surface area (Å²) < 4.78 is 10.1. The zero-order chi connectivity index (χ0) is 34.1. The Kier molecular flexibility index (Phi) is 11.0. The summed E-state index contributed by atoms with van der Waals surface area (Å²) in [7, 11) is 0. The average molecular weight is 672 g/mol. The number of nitrogens with one attached hydrogen (secondary N) is 1. The van der Waals surface area contributed by atoms with Gasteiger partial charge in [0.25, 0.3) is 23.2 Å². The van der Waals surface area contributed by atoms with Crippen LogP contribution in [0.15, 0.2) is 59.1 Å². The Labute approximate surface area is 268 Å². The molecule has 0 radical (unpaired) electrons. The number of nitrogens with zero attached hydrogens (tertiary/aromatic N) is 5. The molecule has 0 saturated carbocycles. The van der Waals surface area contributed by atoms with Crippen molar-refractivity contribution in [1.29, 1.82) is 0 Å². The number of carbonyl (C=O) groups is 4. The van der Waals surface area contributed by atoms with E-state index in [2.05, 4.69) is 15.5 Å². The number of carbonyl (C=O) groups excluding carboxylic acids is 4. The number of β-lactam (4-membered cyclic amide) rings is 1. The number of hydroxylamine groups is 2. The van der Waals surface area contributed by atoms with E-state index in [1.54, 1.807) is 6.92 Å². The quantitative estimate of drug-likeness (QED) is 0.0761. The van der Waals surface area contributed by atoms with Crippen LogP contribution in [0.5, 0.6) is 0 Å². The maximum absolute atomic E-state index is 13.1. The Bertz CT molecular complexity index is 1690. The van der Waals surface area contributed by atoms with Crippen molar-refractivity contribution in [1.82, 2.24) is 15.4 Å². The molecule has 0 aliphatic carbocycles. The van der Waals surface area contributed by atoms with Crippen LogP contribution in [0.25, 0.3) is 0 Å². The van der Waals surface area contributed by atoms with E-state index in [0.29, 0.717) is 11.1 Å². The summed E-state index contributed by atoms with van der Waals surface area (Å²) in [6.07, 6.45) is 0. The Morgan fingerprint density at radius 2 is 1.49 bits per heavy atom. The summed E-state index contributed by atoms with van der Waals surface area (Å²) in [6, 6.07) is 8.95. The van der Waals surface area contributed by atoms with Gasteiger partial charge in [0, 0.05) is 29.6 Å². The number of nitro benzene ring substituents is 2. The minimum absolute atomic E-state index is 0.00699. The highest BCUT2D eigenvalue weighted by Gasteiger charge is 2.47. The number of hydrogen-bond donors (Lipinski definition) is 2. The predicted octanol–water partition coefficient (Wildman–Crippen LogP) is 1.40. The zero-order valence-corrected chi connectivity index (χ0v) is 25.1. The van der Waals surface area contributed by atoms with E-state index in [-0.39, 0.29) is 35.4 Å². The lowest BCUT2D eigenvalue weighted by Gasteiger charge is -2.43. The van der Waals surface area contributed by atoms with Crippen molar-refractivity contribution in [3.63, 3.8) is 0 Å². The van der Waals surface area contributed by atoms with Crippen LogP contribution in [0.2, 0.25) is 0 Å². The van der Waals surface area contributed by atoms with Crippen LogP contribution in [0.1, 0.15) is 23.7 Å². The second-order valence-corrected chi connectivity index (χ2v) is 10.5. The number of hydrogen-bond acceptors (Lipinski definition) is 16. The number of nitrogens with two attached hydrogens (primary N) is 1. The van der Waals surface area contributed by atoms with Gasteiger partial charge in [0.1, 0.15) is 24.9 Å². The summed E-state index contributed by atoms with van der Waals surface area (Å²) in [6.45, 7) is -0.154. The highest BCUT2D eigenvalue weighted by Crippen LogP contribution is 2.21. The molecule has 2 aromatic carbocycles. The lowest BCUT2D eigenvalue weighted by Crippen LogP contribution is -2.70. The standard InChI is InChI=1S/C27H25N7O12S/c1-15-23(26(38)32(15)46-13-22(36)44-11-17-4-8-19(9-5-17)34(41)42)30-25(37)24(20-14-47-27(28)29-20)31-45-12-21(35)43-10-16-2-6-18(7-3-16)33(39)40/h2-9,14-15,23H,10-13H2,1H3,(H2,28,29)(H,30,37)/t15-,23-/m0/s1. The van der Waals surface area contributed by atoms with E-state index in [0.717, 1.165) is 16.4 Å². The van der Waals surface area contributed by atoms with Crippen LogP contribution in [0, 0.1) is 20.2 Å². The minimum Gasteiger partial charge on any atom is -0.459 e. The van der Waals surface area contributed by atoms with E-state index in [1.165, 1.54) is 53.9 Å². The number of amides is 2. The molecule has 2 heterocycles. The van der Waals surface area contributed by atoms with Gasteiger partial charge in [0.05, 0.1) is 15.9 Å².